The summed E-state index contributed by atoms with van der Waals surface area (Å²) in [7, 11) is 0. The van der Waals surface area contributed by atoms with Crippen molar-refractivity contribution in [2.45, 2.75) is 20.3 Å². The fourth-order valence-corrected chi connectivity index (χ4v) is 1.14. The first-order valence-electron chi connectivity index (χ1n) is 4.67. The lowest BCUT2D eigenvalue weighted by atomic mass is 10.1. The molecule has 76 valence electrons. The van der Waals surface area contributed by atoms with Gasteiger partial charge >= 0.3 is 0 Å². The van der Waals surface area contributed by atoms with Gasteiger partial charge < -0.3 is 0 Å². The van der Waals surface area contributed by atoms with E-state index in [1.165, 1.54) is 0 Å². The van der Waals surface area contributed by atoms with Gasteiger partial charge in [0.2, 0.25) is 0 Å². The number of hydrogen-bond donors (Lipinski definition) is 0. The third kappa shape index (κ3) is 3.72. The van der Waals surface area contributed by atoms with Crippen LogP contribution in [0.5, 0.6) is 0 Å². The van der Waals surface area contributed by atoms with Gasteiger partial charge in [-0.15, -0.1) is 0 Å². The van der Waals surface area contributed by atoms with Gasteiger partial charge in [-0.05, 0) is 36.4 Å². The number of aromatic nitrogens is 1. The minimum absolute atomic E-state index is 0.411. The van der Waals surface area contributed by atoms with Crippen molar-refractivity contribution in [2.75, 3.05) is 6.54 Å². The topological polar surface area (TPSA) is 61.7 Å². The molecular weight excluding hydrogens is 188 g/mol. The van der Waals surface area contributed by atoms with Crippen LogP contribution in [0.3, 0.4) is 0 Å². The van der Waals surface area contributed by atoms with Gasteiger partial charge in [0.15, 0.2) is 0 Å². The summed E-state index contributed by atoms with van der Waals surface area (Å²) in [6.45, 7) is 4.39. The maximum Gasteiger partial charge on any atom is 0.116 e. The molecule has 1 aromatic heterocycles. The summed E-state index contributed by atoms with van der Waals surface area (Å²) in [4.78, 5) is 6.87. The first-order valence-corrected chi connectivity index (χ1v) is 4.67. The second-order valence-electron chi connectivity index (χ2n) is 3.18. The smallest absolute Gasteiger partial charge is 0.116 e. The maximum atomic E-state index is 8.06. The molecular formula is C11H12N4. The maximum absolute atomic E-state index is 8.06. The highest BCUT2D eigenvalue weighted by Crippen LogP contribution is 2.05. The molecule has 0 aliphatic rings. The van der Waals surface area contributed by atoms with E-state index in [9.17, 15) is 0 Å². The second-order valence-corrected chi connectivity index (χ2v) is 3.18. The van der Waals surface area contributed by atoms with Crippen molar-refractivity contribution in [3.63, 3.8) is 0 Å². The van der Waals surface area contributed by atoms with E-state index in [1.54, 1.807) is 6.20 Å². The first kappa shape index (κ1) is 11.1. The lowest BCUT2D eigenvalue weighted by Gasteiger charge is -1.97. The van der Waals surface area contributed by atoms with Gasteiger partial charge in [0, 0.05) is 24.1 Å². The number of hydrogen-bond acceptors (Lipinski definition) is 2. The monoisotopic (exact) mass is 200 g/mol. The SMILES string of the molecule is Cc1cnc(C#CCCN=[N+]=[N-])c(C)c1. The number of azide groups is 1. The number of pyridine rings is 1. The Balaban J connectivity index is 2.67. The molecule has 1 heterocycles. The zero-order valence-electron chi connectivity index (χ0n) is 8.86. The minimum Gasteiger partial charge on any atom is -0.247 e. The van der Waals surface area contributed by atoms with Crippen LogP contribution in [0.25, 0.3) is 10.4 Å². The summed E-state index contributed by atoms with van der Waals surface area (Å²) in [5.41, 5.74) is 11.1. The molecule has 0 aliphatic heterocycles. The van der Waals surface area contributed by atoms with Crippen LogP contribution < -0.4 is 0 Å². The van der Waals surface area contributed by atoms with Crippen LogP contribution in [0.4, 0.5) is 0 Å². The van der Waals surface area contributed by atoms with E-state index in [0.717, 1.165) is 16.8 Å². The lowest BCUT2D eigenvalue weighted by molar-refractivity contribution is 1.01. The molecule has 0 saturated heterocycles. The Labute approximate surface area is 89.0 Å². The average molecular weight is 200 g/mol. The summed E-state index contributed by atoms with van der Waals surface area (Å²) in [5.74, 6) is 5.87. The van der Waals surface area contributed by atoms with Crippen LogP contribution >= 0.6 is 0 Å². The Morgan fingerprint density at radius 2 is 2.33 bits per heavy atom. The van der Waals surface area contributed by atoms with E-state index in [0.29, 0.717) is 13.0 Å². The Morgan fingerprint density at radius 3 is 3.00 bits per heavy atom. The highest BCUT2D eigenvalue weighted by atomic mass is 15.1. The minimum atomic E-state index is 0.411. The van der Waals surface area contributed by atoms with E-state index in [2.05, 4.69) is 26.9 Å². The Hall–Kier alpha value is -1.98. The third-order valence-electron chi connectivity index (χ3n) is 1.82. The van der Waals surface area contributed by atoms with Crippen LogP contribution in [0.15, 0.2) is 17.4 Å². The summed E-state index contributed by atoms with van der Waals surface area (Å²) in [6, 6.07) is 2.05. The van der Waals surface area contributed by atoms with Gasteiger partial charge in [-0.25, -0.2) is 4.98 Å². The summed E-state index contributed by atoms with van der Waals surface area (Å²) >= 11 is 0. The molecule has 15 heavy (non-hydrogen) atoms. The van der Waals surface area contributed by atoms with Crippen LogP contribution in [0, 0.1) is 25.7 Å². The van der Waals surface area contributed by atoms with E-state index in [4.69, 9.17) is 5.53 Å². The Bertz CT molecular complexity index is 447. The number of rotatable bonds is 2. The molecule has 0 atom stereocenters. The fourth-order valence-electron chi connectivity index (χ4n) is 1.14. The fraction of sp³-hybridized carbons (Fsp3) is 0.364. The van der Waals surface area contributed by atoms with Gasteiger partial charge in [0.25, 0.3) is 0 Å². The number of aryl methyl sites for hydroxylation is 2. The predicted octanol–water partition coefficient (Wildman–Crippen LogP) is 2.75. The highest BCUT2D eigenvalue weighted by molar-refractivity contribution is 5.36. The zero-order chi connectivity index (χ0) is 11.1. The molecule has 0 bridgehead atoms. The van der Waals surface area contributed by atoms with Crippen molar-refractivity contribution < 1.29 is 0 Å². The lowest BCUT2D eigenvalue weighted by Crippen LogP contribution is -1.88. The molecule has 0 aliphatic carbocycles. The van der Waals surface area contributed by atoms with Crippen molar-refractivity contribution in [2.24, 2.45) is 5.11 Å². The Kier molecular flexibility index (Phi) is 4.21. The normalized spacial score (nSPS) is 8.67. The molecule has 1 aromatic rings. The van der Waals surface area contributed by atoms with Gasteiger partial charge in [0.1, 0.15) is 5.69 Å². The summed E-state index contributed by atoms with van der Waals surface area (Å²) in [6.07, 6.45) is 2.36. The molecule has 0 unspecified atom stereocenters. The van der Waals surface area contributed by atoms with Gasteiger partial charge in [0.05, 0.1) is 0 Å². The highest BCUT2D eigenvalue weighted by Gasteiger charge is 1.94. The van der Waals surface area contributed by atoms with Gasteiger partial charge in [-0.3, -0.25) is 0 Å². The molecule has 0 aromatic carbocycles. The molecule has 0 N–H and O–H groups in total. The third-order valence-corrected chi connectivity index (χ3v) is 1.82. The molecule has 4 heteroatoms. The summed E-state index contributed by atoms with van der Waals surface area (Å²) in [5, 5.41) is 3.40. The van der Waals surface area contributed by atoms with E-state index in [1.807, 2.05) is 19.9 Å². The predicted molar refractivity (Wildman–Crippen MR) is 59.2 cm³/mol. The molecule has 0 radical (unpaired) electrons. The van der Waals surface area contributed by atoms with E-state index in [-0.39, 0.29) is 0 Å². The van der Waals surface area contributed by atoms with Crippen molar-refractivity contribution in [1.29, 1.82) is 0 Å². The van der Waals surface area contributed by atoms with Crippen LogP contribution in [0.1, 0.15) is 23.2 Å². The molecule has 4 nitrogen and oxygen atoms in total. The van der Waals surface area contributed by atoms with Crippen molar-refractivity contribution in [3.05, 3.63) is 39.5 Å². The number of nitrogens with zero attached hydrogens (tertiary/aromatic N) is 4. The quantitative estimate of drug-likeness (QED) is 0.238. The van der Waals surface area contributed by atoms with Crippen molar-refractivity contribution in [1.82, 2.24) is 4.98 Å². The first-order chi connectivity index (χ1) is 7.24. The molecule has 0 amide bonds. The van der Waals surface area contributed by atoms with E-state index < -0.39 is 0 Å². The summed E-state index contributed by atoms with van der Waals surface area (Å²) < 4.78 is 0. The largest absolute Gasteiger partial charge is 0.247 e. The molecule has 0 spiro atoms. The molecule has 1 rings (SSSR count). The second kappa shape index (κ2) is 5.69. The van der Waals surface area contributed by atoms with E-state index >= 15 is 0 Å². The average Bonchev–Trinajstić information content (AvgIpc) is 2.20. The Morgan fingerprint density at radius 1 is 1.53 bits per heavy atom. The van der Waals surface area contributed by atoms with Crippen LogP contribution in [-0.4, -0.2) is 11.5 Å². The van der Waals surface area contributed by atoms with Crippen molar-refractivity contribution >= 4 is 0 Å². The zero-order valence-corrected chi connectivity index (χ0v) is 8.86. The molecule has 0 saturated carbocycles. The standard InChI is InChI=1S/C11H12N4/c1-9-7-10(2)11(13-8-9)5-3-4-6-14-15-12/h7-8H,4,6H2,1-2H3. The van der Waals surface area contributed by atoms with Crippen LogP contribution in [-0.2, 0) is 0 Å². The van der Waals surface area contributed by atoms with Gasteiger partial charge in [-0.2, -0.15) is 0 Å². The van der Waals surface area contributed by atoms with Gasteiger partial charge in [-0.1, -0.05) is 17.1 Å². The molecule has 0 fully saturated rings. The van der Waals surface area contributed by atoms with Crippen LogP contribution in [0.2, 0.25) is 0 Å². The van der Waals surface area contributed by atoms with Crippen molar-refractivity contribution in [3.8, 4) is 11.8 Å².